The number of aliphatic carboxylic acids is 1. The standard InChI is InChI=1S/C29H35N5O5S2/c1-7-20-16-33(41(37,38)25-14-30-12-11-23(25)39-20)15-19-13-24(40-18(19)4)26(29(5,6)28(35)36)21-9-10-22-27(17(21)3)31-32-34(22)8-2/h9-14,20,26H,7-8,15-16H2,1-6H3,(H,35,36)/t20-,26-/m1/s1. The lowest BCUT2D eigenvalue weighted by Crippen LogP contribution is -2.36. The fourth-order valence-electron chi connectivity index (χ4n) is 5.49. The lowest BCUT2D eigenvalue weighted by atomic mass is 9.72. The number of aryl methyl sites for hydroxylation is 3. The molecule has 0 saturated carbocycles. The van der Waals surface area contributed by atoms with Gasteiger partial charge in [0.2, 0.25) is 10.0 Å². The van der Waals surface area contributed by atoms with Gasteiger partial charge in [-0.05, 0) is 75.9 Å². The highest BCUT2D eigenvalue weighted by Gasteiger charge is 2.42. The first kappa shape index (κ1) is 29.2. The van der Waals surface area contributed by atoms with Gasteiger partial charge in [0.05, 0.1) is 23.7 Å². The molecule has 0 amide bonds. The van der Waals surface area contributed by atoms with E-state index < -0.39 is 27.3 Å². The van der Waals surface area contributed by atoms with E-state index >= 15 is 0 Å². The zero-order valence-corrected chi connectivity index (χ0v) is 25.7. The van der Waals surface area contributed by atoms with Crippen LogP contribution in [-0.2, 0) is 27.9 Å². The molecule has 10 nitrogen and oxygen atoms in total. The van der Waals surface area contributed by atoms with Gasteiger partial charge < -0.3 is 9.84 Å². The highest BCUT2D eigenvalue weighted by Crippen LogP contribution is 2.47. The van der Waals surface area contributed by atoms with Gasteiger partial charge in [0.1, 0.15) is 22.3 Å². The van der Waals surface area contributed by atoms with Crippen LogP contribution in [0.4, 0.5) is 0 Å². The van der Waals surface area contributed by atoms with Gasteiger partial charge >= 0.3 is 5.97 Å². The van der Waals surface area contributed by atoms with Crippen molar-refractivity contribution in [2.45, 2.75) is 78.0 Å². The molecule has 4 heterocycles. The van der Waals surface area contributed by atoms with E-state index in [0.717, 1.165) is 37.5 Å². The number of benzene rings is 1. The molecule has 218 valence electrons. The van der Waals surface area contributed by atoms with E-state index in [1.165, 1.54) is 28.0 Å². The summed E-state index contributed by atoms with van der Waals surface area (Å²) >= 11 is 1.50. The minimum Gasteiger partial charge on any atom is -0.488 e. The molecule has 0 bridgehead atoms. The quantitative estimate of drug-likeness (QED) is 0.296. The van der Waals surface area contributed by atoms with Gasteiger partial charge in [-0.15, -0.1) is 16.4 Å². The first-order chi connectivity index (χ1) is 19.4. The van der Waals surface area contributed by atoms with Crippen molar-refractivity contribution in [3.8, 4) is 5.75 Å². The van der Waals surface area contributed by atoms with Gasteiger partial charge in [-0.25, -0.2) is 13.1 Å². The average Bonchev–Trinajstić information content (AvgIpc) is 3.49. The number of carboxylic acid groups (broad SMARTS) is 1. The number of pyridine rings is 1. The molecule has 0 unspecified atom stereocenters. The second-order valence-corrected chi connectivity index (χ2v) is 14.2. The van der Waals surface area contributed by atoms with Crippen LogP contribution in [0.25, 0.3) is 11.0 Å². The Balaban J connectivity index is 1.59. The maximum atomic E-state index is 13.7. The Kier molecular flexibility index (Phi) is 7.68. The fourth-order valence-corrected chi connectivity index (χ4v) is 8.35. The lowest BCUT2D eigenvalue weighted by Gasteiger charge is -2.31. The molecule has 1 aromatic carbocycles. The highest BCUT2D eigenvalue weighted by atomic mass is 32.2. The number of hydrogen-bond donors (Lipinski definition) is 1. The molecule has 12 heteroatoms. The Morgan fingerprint density at radius 2 is 2.00 bits per heavy atom. The van der Waals surface area contributed by atoms with E-state index in [1.807, 2.05) is 50.6 Å². The number of carboxylic acids is 1. The third-order valence-electron chi connectivity index (χ3n) is 8.06. The molecule has 1 aliphatic heterocycles. The molecule has 2 atom stereocenters. The molecule has 3 aromatic heterocycles. The smallest absolute Gasteiger partial charge is 0.310 e. The van der Waals surface area contributed by atoms with Crippen LogP contribution in [0.1, 0.15) is 66.5 Å². The monoisotopic (exact) mass is 597 g/mol. The topological polar surface area (TPSA) is 128 Å². The van der Waals surface area contributed by atoms with Gasteiger partial charge in [0.15, 0.2) is 0 Å². The van der Waals surface area contributed by atoms with E-state index in [2.05, 4.69) is 15.3 Å². The maximum absolute atomic E-state index is 13.7. The van der Waals surface area contributed by atoms with Gasteiger partial charge in [-0.2, -0.15) is 4.31 Å². The third-order valence-corrected chi connectivity index (χ3v) is 11.0. The molecule has 1 N–H and O–H groups in total. The van der Waals surface area contributed by atoms with E-state index in [0.29, 0.717) is 18.7 Å². The summed E-state index contributed by atoms with van der Waals surface area (Å²) in [6.07, 6.45) is 3.19. The van der Waals surface area contributed by atoms with Crippen LogP contribution in [0, 0.1) is 19.3 Å². The van der Waals surface area contributed by atoms with E-state index in [-0.39, 0.29) is 24.1 Å². The van der Waals surface area contributed by atoms with Crippen LogP contribution < -0.4 is 4.74 Å². The number of rotatable bonds is 8. The maximum Gasteiger partial charge on any atom is 0.310 e. The Morgan fingerprint density at radius 1 is 1.24 bits per heavy atom. The van der Waals surface area contributed by atoms with Gasteiger partial charge in [0.25, 0.3) is 0 Å². The van der Waals surface area contributed by atoms with Gasteiger partial charge in [-0.1, -0.05) is 18.2 Å². The second kappa shape index (κ2) is 10.8. The predicted molar refractivity (Wildman–Crippen MR) is 157 cm³/mol. The van der Waals surface area contributed by atoms with Gasteiger partial charge in [-0.3, -0.25) is 9.78 Å². The zero-order valence-electron chi connectivity index (χ0n) is 24.1. The second-order valence-electron chi connectivity index (χ2n) is 11.0. The number of carbonyl (C=O) groups is 1. The number of fused-ring (bicyclic) bond motifs is 2. The lowest BCUT2D eigenvalue weighted by molar-refractivity contribution is -0.147. The van der Waals surface area contributed by atoms with Crippen molar-refractivity contribution in [2.24, 2.45) is 5.41 Å². The van der Waals surface area contributed by atoms with E-state index in [4.69, 9.17) is 4.74 Å². The number of thiophene rings is 1. The third kappa shape index (κ3) is 5.02. The fraction of sp³-hybridized carbons (Fsp3) is 0.448. The summed E-state index contributed by atoms with van der Waals surface area (Å²) in [5.41, 5.74) is 3.07. The van der Waals surface area contributed by atoms with Crippen LogP contribution in [-0.4, -0.2) is 56.4 Å². The molecule has 1 aliphatic rings. The summed E-state index contributed by atoms with van der Waals surface area (Å²) in [7, 11) is -3.87. The number of ether oxygens (including phenoxy) is 1. The van der Waals surface area contributed by atoms with Crippen molar-refractivity contribution >= 4 is 38.4 Å². The minimum absolute atomic E-state index is 0.0537. The minimum atomic E-state index is -3.87. The van der Waals surface area contributed by atoms with Crippen molar-refractivity contribution in [3.05, 3.63) is 63.1 Å². The Bertz CT molecular complexity index is 1730. The largest absolute Gasteiger partial charge is 0.488 e. The Labute approximate surface area is 244 Å². The molecule has 5 rings (SSSR count). The molecule has 0 spiro atoms. The number of hydrogen-bond acceptors (Lipinski definition) is 8. The number of aromatic nitrogens is 4. The number of nitrogens with zero attached hydrogens (tertiary/aromatic N) is 5. The summed E-state index contributed by atoms with van der Waals surface area (Å²) < 4.78 is 36.8. The predicted octanol–water partition coefficient (Wildman–Crippen LogP) is 5.13. The van der Waals surface area contributed by atoms with E-state index in [9.17, 15) is 18.3 Å². The first-order valence-electron chi connectivity index (χ1n) is 13.7. The van der Waals surface area contributed by atoms with Crippen molar-refractivity contribution in [1.29, 1.82) is 0 Å². The van der Waals surface area contributed by atoms with Crippen LogP contribution in [0.5, 0.6) is 5.75 Å². The van der Waals surface area contributed by atoms with Crippen molar-refractivity contribution in [3.63, 3.8) is 0 Å². The Morgan fingerprint density at radius 3 is 2.68 bits per heavy atom. The zero-order chi connectivity index (χ0) is 29.7. The molecule has 0 aliphatic carbocycles. The molecule has 0 fully saturated rings. The molecular formula is C29H35N5O5S2. The van der Waals surface area contributed by atoms with Crippen LogP contribution in [0.15, 0.2) is 41.6 Å². The first-order valence-corrected chi connectivity index (χ1v) is 15.9. The molecule has 41 heavy (non-hydrogen) atoms. The Hall–Kier alpha value is -3.35. The summed E-state index contributed by atoms with van der Waals surface area (Å²) in [5.74, 6) is -1.11. The van der Waals surface area contributed by atoms with Gasteiger partial charge in [0, 0.05) is 35.0 Å². The summed E-state index contributed by atoms with van der Waals surface area (Å²) in [6.45, 7) is 12.3. The van der Waals surface area contributed by atoms with E-state index in [1.54, 1.807) is 19.9 Å². The highest BCUT2D eigenvalue weighted by molar-refractivity contribution is 7.89. The SMILES string of the molecule is CC[C@@H]1CN(Cc2cc([C@@H](c3ccc4c(nnn4CC)c3C)C(C)(C)C(=O)O)sc2C)S(=O)(=O)c2cnccc2O1. The average molecular weight is 598 g/mol. The molecule has 0 saturated heterocycles. The molecule has 4 aromatic rings. The van der Waals surface area contributed by atoms with Crippen LogP contribution in [0.2, 0.25) is 0 Å². The summed E-state index contributed by atoms with van der Waals surface area (Å²) in [5, 5.41) is 19.0. The summed E-state index contributed by atoms with van der Waals surface area (Å²) in [4.78, 5) is 18.5. The van der Waals surface area contributed by atoms with Crippen molar-refractivity contribution < 1.29 is 23.1 Å². The molecular weight excluding hydrogens is 562 g/mol. The van der Waals surface area contributed by atoms with Crippen LogP contribution in [0.3, 0.4) is 0 Å². The van der Waals surface area contributed by atoms with Crippen LogP contribution >= 0.6 is 11.3 Å². The number of sulfonamides is 1. The normalized spacial score (nSPS) is 18.0. The van der Waals surface area contributed by atoms with Crippen molar-refractivity contribution in [1.82, 2.24) is 24.3 Å². The summed E-state index contributed by atoms with van der Waals surface area (Å²) in [6, 6.07) is 7.48. The molecule has 0 radical (unpaired) electrons. The van der Waals surface area contributed by atoms with Crippen molar-refractivity contribution in [2.75, 3.05) is 6.54 Å².